The van der Waals surface area contributed by atoms with E-state index < -0.39 is 0 Å². The fourth-order valence-corrected chi connectivity index (χ4v) is 4.56. The second-order valence-electron chi connectivity index (χ2n) is 8.33. The molecule has 3 aliphatic heterocycles. The first-order valence-corrected chi connectivity index (χ1v) is 10.9. The molecule has 7 nitrogen and oxygen atoms in total. The topological polar surface area (TPSA) is 60.0 Å². The summed E-state index contributed by atoms with van der Waals surface area (Å²) in [5.41, 5.74) is 2.15. The van der Waals surface area contributed by atoms with Crippen molar-refractivity contribution in [3.05, 3.63) is 24.5 Å². The molecule has 7 heteroatoms. The third-order valence-corrected chi connectivity index (χ3v) is 6.34. The highest BCUT2D eigenvalue weighted by Gasteiger charge is 2.23. The summed E-state index contributed by atoms with van der Waals surface area (Å²) in [6.07, 6.45) is 5.01. The predicted molar refractivity (Wildman–Crippen MR) is 112 cm³/mol. The number of fused-ring (bicyclic) bond motifs is 1. The second-order valence-corrected chi connectivity index (χ2v) is 8.33. The minimum atomic E-state index is 0.0884. The Kier molecular flexibility index (Phi) is 5.78. The Balaban J connectivity index is 1.25. The van der Waals surface area contributed by atoms with Gasteiger partial charge in [0.1, 0.15) is 12.4 Å². The van der Waals surface area contributed by atoms with Gasteiger partial charge < -0.3 is 19.1 Å². The van der Waals surface area contributed by atoms with Crippen LogP contribution in [0.5, 0.6) is 5.88 Å². The Bertz CT molecular complexity index is 813. The molecule has 0 N–H and O–H groups in total. The number of benzene rings is 1. The molecule has 0 aliphatic carbocycles. The van der Waals surface area contributed by atoms with Crippen molar-refractivity contribution in [3.8, 4) is 5.88 Å². The van der Waals surface area contributed by atoms with Crippen molar-refractivity contribution in [2.45, 2.75) is 25.4 Å². The van der Waals surface area contributed by atoms with Crippen molar-refractivity contribution in [1.29, 1.82) is 0 Å². The van der Waals surface area contributed by atoms with E-state index in [9.17, 15) is 0 Å². The van der Waals surface area contributed by atoms with E-state index in [2.05, 4.69) is 38.0 Å². The minimum absolute atomic E-state index is 0.0884. The quantitative estimate of drug-likeness (QED) is 0.766. The van der Waals surface area contributed by atoms with Gasteiger partial charge in [0, 0.05) is 58.0 Å². The van der Waals surface area contributed by atoms with Crippen LogP contribution in [0.25, 0.3) is 10.9 Å². The number of hydrogen-bond donors (Lipinski definition) is 0. The zero-order valence-corrected chi connectivity index (χ0v) is 17.0. The summed E-state index contributed by atoms with van der Waals surface area (Å²) in [7, 11) is 0. The average Bonchev–Trinajstić information content (AvgIpc) is 3.28. The number of rotatable bonds is 5. The maximum atomic E-state index is 6.12. The third-order valence-electron chi connectivity index (χ3n) is 6.34. The predicted octanol–water partition coefficient (Wildman–Crippen LogP) is 2.35. The standard InChI is InChI=1S/C22H30N4O3/c1-2-21-20(22(24-16-23-21)29-19-5-12-28-15-19)13-18(1)26-8-6-25(7-9-26)14-17-3-10-27-11-4-17/h1-2,13,16-17,19H,3-12,14-15H2. The van der Waals surface area contributed by atoms with Gasteiger partial charge in [-0.25, -0.2) is 9.97 Å². The molecule has 4 heterocycles. The molecule has 3 aliphatic rings. The number of nitrogens with zero attached hydrogens (tertiary/aromatic N) is 4. The molecule has 2 aromatic rings. The third kappa shape index (κ3) is 4.47. The van der Waals surface area contributed by atoms with Crippen molar-refractivity contribution in [2.75, 3.05) is 64.1 Å². The van der Waals surface area contributed by atoms with Crippen molar-refractivity contribution in [1.82, 2.24) is 14.9 Å². The van der Waals surface area contributed by atoms with Gasteiger partial charge in [0.25, 0.3) is 0 Å². The maximum absolute atomic E-state index is 6.12. The van der Waals surface area contributed by atoms with E-state index in [4.69, 9.17) is 14.2 Å². The fraction of sp³-hybridized carbons (Fsp3) is 0.636. The zero-order valence-electron chi connectivity index (χ0n) is 17.0. The lowest BCUT2D eigenvalue weighted by Gasteiger charge is -2.38. The summed E-state index contributed by atoms with van der Waals surface area (Å²) in [6, 6.07) is 6.44. The first-order chi connectivity index (χ1) is 14.3. The highest BCUT2D eigenvalue weighted by Crippen LogP contribution is 2.29. The van der Waals surface area contributed by atoms with Crippen LogP contribution in [-0.2, 0) is 9.47 Å². The number of hydrogen-bond acceptors (Lipinski definition) is 7. The van der Waals surface area contributed by atoms with Crippen LogP contribution in [0.1, 0.15) is 19.3 Å². The number of ether oxygens (including phenoxy) is 3. The largest absolute Gasteiger partial charge is 0.471 e. The van der Waals surface area contributed by atoms with Gasteiger partial charge >= 0.3 is 0 Å². The van der Waals surface area contributed by atoms with Gasteiger partial charge in [-0.05, 0) is 37.0 Å². The average molecular weight is 399 g/mol. The van der Waals surface area contributed by atoms with Crippen LogP contribution in [-0.4, -0.2) is 80.1 Å². The summed E-state index contributed by atoms with van der Waals surface area (Å²) in [4.78, 5) is 13.9. The second kappa shape index (κ2) is 8.81. The maximum Gasteiger partial charge on any atom is 0.224 e. The molecule has 156 valence electrons. The fourth-order valence-electron chi connectivity index (χ4n) is 4.56. The SMILES string of the molecule is c1nc(OC2CCOC2)c2cc(N3CCN(CC4CCOCC4)CC3)ccc2n1. The Morgan fingerprint density at radius 2 is 1.79 bits per heavy atom. The molecule has 3 saturated heterocycles. The van der Waals surface area contributed by atoms with Crippen LogP contribution in [0.2, 0.25) is 0 Å². The molecule has 0 radical (unpaired) electrons. The van der Waals surface area contributed by atoms with Gasteiger partial charge in [-0.1, -0.05) is 0 Å². The van der Waals surface area contributed by atoms with Gasteiger partial charge in [0.05, 0.1) is 24.1 Å². The van der Waals surface area contributed by atoms with Gasteiger partial charge in [-0.3, -0.25) is 4.90 Å². The van der Waals surface area contributed by atoms with E-state index in [1.54, 1.807) is 6.33 Å². The van der Waals surface area contributed by atoms with E-state index >= 15 is 0 Å². The van der Waals surface area contributed by atoms with E-state index in [1.807, 2.05) is 0 Å². The van der Waals surface area contributed by atoms with Gasteiger partial charge in [0.2, 0.25) is 5.88 Å². The molecule has 1 unspecified atom stereocenters. The lowest BCUT2D eigenvalue weighted by Crippen LogP contribution is -2.48. The summed E-state index contributed by atoms with van der Waals surface area (Å²) in [6.45, 7) is 8.81. The van der Waals surface area contributed by atoms with Crippen LogP contribution in [0, 0.1) is 5.92 Å². The van der Waals surface area contributed by atoms with Crippen molar-refractivity contribution in [2.24, 2.45) is 5.92 Å². The number of piperazine rings is 1. The smallest absolute Gasteiger partial charge is 0.224 e. The van der Waals surface area contributed by atoms with Crippen LogP contribution in [0.15, 0.2) is 24.5 Å². The molecule has 1 aromatic carbocycles. The normalized spacial score (nSPS) is 24.3. The summed E-state index contributed by atoms with van der Waals surface area (Å²) < 4.78 is 17.1. The van der Waals surface area contributed by atoms with Crippen LogP contribution in [0.4, 0.5) is 5.69 Å². The molecular weight excluding hydrogens is 368 g/mol. The van der Waals surface area contributed by atoms with Crippen LogP contribution < -0.4 is 9.64 Å². The van der Waals surface area contributed by atoms with Gasteiger partial charge in [-0.15, -0.1) is 0 Å². The molecule has 0 bridgehead atoms. The lowest BCUT2D eigenvalue weighted by molar-refractivity contribution is 0.0517. The summed E-state index contributed by atoms with van der Waals surface area (Å²) >= 11 is 0. The Labute approximate surface area is 172 Å². The molecule has 5 rings (SSSR count). The molecule has 1 atom stereocenters. The molecule has 0 spiro atoms. The van der Waals surface area contributed by atoms with Crippen LogP contribution >= 0.6 is 0 Å². The summed E-state index contributed by atoms with van der Waals surface area (Å²) in [5.74, 6) is 1.47. The van der Waals surface area contributed by atoms with E-state index in [0.717, 1.165) is 69.2 Å². The highest BCUT2D eigenvalue weighted by atomic mass is 16.5. The molecule has 29 heavy (non-hydrogen) atoms. The van der Waals surface area contributed by atoms with E-state index in [1.165, 1.54) is 25.1 Å². The molecule has 0 saturated carbocycles. The molecular formula is C22H30N4O3. The Hall–Kier alpha value is -1.96. The monoisotopic (exact) mass is 398 g/mol. The molecule has 3 fully saturated rings. The van der Waals surface area contributed by atoms with Crippen LogP contribution in [0.3, 0.4) is 0 Å². The Morgan fingerprint density at radius 1 is 0.966 bits per heavy atom. The first-order valence-electron chi connectivity index (χ1n) is 10.9. The summed E-state index contributed by atoms with van der Waals surface area (Å²) in [5, 5.41) is 0.988. The number of anilines is 1. The minimum Gasteiger partial charge on any atom is -0.471 e. The highest BCUT2D eigenvalue weighted by molar-refractivity contribution is 5.86. The first kappa shape index (κ1) is 19.0. The lowest BCUT2D eigenvalue weighted by atomic mass is 9.99. The van der Waals surface area contributed by atoms with E-state index in [-0.39, 0.29) is 6.10 Å². The molecule has 0 amide bonds. The molecule has 1 aromatic heterocycles. The van der Waals surface area contributed by atoms with Gasteiger partial charge in [0.15, 0.2) is 0 Å². The Morgan fingerprint density at radius 3 is 2.59 bits per heavy atom. The zero-order chi connectivity index (χ0) is 19.5. The van der Waals surface area contributed by atoms with Crippen molar-refractivity contribution >= 4 is 16.6 Å². The van der Waals surface area contributed by atoms with Crippen molar-refractivity contribution in [3.63, 3.8) is 0 Å². The van der Waals surface area contributed by atoms with Crippen molar-refractivity contribution < 1.29 is 14.2 Å². The number of aromatic nitrogens is 2. The van der Waals surface area contributed by atoms with E-state index in [0.29, 0.717) is 12.5 Å². The van der Waals surface area contributed by atoms with Gasteiger partial charge in [-0.2, -0.15) is 0 Å².